The molecule has 2 aromatic heterocycles. The number of ether oxygens (including phenoxy) is 1. The molecule has 0 aliphatic heterocycles. The third-order valence-corrected chi connectivity index (χ3v) is 2.44. The molecule has 0 aliphatic carbocycles. The second-order valence-corrected chi connectivity index (χ2v) is 3.53. The van der Waals surface area contributed by atoms with E-state index >= 15 is 0 Å². The molecule has 0 fully saturated rings. The summed E-state index contributed by atoms with van der Waals surface area (Å²) in [6.45, 7) is 0.441. The second-order valence-electron chi connectivity index (χ2n) is 2.78. The van der Waals surface area contributed by atoms with E-state index in [4.69, 9.17) is 10.5 Å². The van der Waals surface area contributed by atoms with Gasteiger partial charge >= 0.3 is 0 Å². The van der Waals surface area contributed by atoms with Crippen molar-refractivity contribution in [3.8, 4) is 0 Å². The van der Waals surface area contributed by atoms with E-state index in [1.165, 1.54) is 0 Å². The Hall–Kier alpha value is -1.14. The first kappa shape index (κ1) is 9.42. The lowest BCUT2D eigenvalue weighted by atomic mass is 10.5. The van der Waals surface area contributed by atoms with Crippen LogP contribution >= 0.6 is 15.9 Å². The van der Waals surface area contributed by atoms with Gasteiger partial charge in [-0.1, -0.05) is 0 Å². The van der Waals surface area contributed by atoms with Crippen molar-refractivity contribution in [3.63, 3.8) is 0 Å². The van der Waals surface area contributed by atoms with Crippen molar-refractivity contribution in [2.75, 3.05) is 12.8 Å². The Balaban J connectivity index is 2.71. The van der Waals surface area contributed by atoms with Gasteiger partial charge in [0.25, 0.3) is 0 Å². The van der Waals surface area contributed by atoms with E-state index < -0.39 is 0 Å². The Morgan fingerprint density at radius 1 is 1.64 bits per heavy atom. The number of imidazole rings is 1. The molecule has 0 bridgehead atoms. The fraction of sp³-hybridized carbons (Fsp3) is 0.250. The predicted octanol–water partition coefficient (Wildman–Crippen LogP) is 1.22. The van der Waals surface area contributed by atoms with Crippen molar-refractivity contribution in [2.24, 2.45) is 0 Å². The summed E-state index contributed by atoms with van der Waals surface area (Å²) in [5, 5.41) is 0. The standard InChI is InChI=1S/C8H9BrN4O/c1-14-4-5-12-7(9)6-8(10)11-2-3-13(5)6/h2-3H,4H2,1H3,(H2,10,11). The van der Waals surface area contributed by atoms with E-state index in [0.717, 1.165) is 11.3 Å². The molecule has 0 unspecified atom stereocenters. The van der Waals surface area contributed by atoms with Crippen LogP contribution in [-0.4, -0.2) is 21.5 Å². The van der Waals surface area contributed by atoms with Crippen molar-refractivity contribution in [3.05, 3.63) is 22.8 Å². The summed E-state index contributed by atoms with van der Waals surface area (Å²) >= 11 is 3.33. The summed E-state index contributed by atoms with van der Waals surface area (Å²) < 4.78 is 7.57. The molecule has 2 N–H and O–H groups in total. The number of methoxy groups -OCH3 is 1. The van der Waals surface area contributed by atoms with Crippen molar-refractivity contribution >= 4 is 27.3 Å². The Morgan fingerprint density at radius 2 is 2.43 bits per heavy atom. The predicted molar refractivity (Wildman–Crippen MR) is 55.8 cm³/mol. The van der Waals surface area contributed by atoms with Gasteiger partial charge in [-0.3, -0.25) is 4.40 Å². The molecule has 2 aromatic rings. The molecular weight excluding hydrogens is 248 g/mol. The molecule has 0 aromatic carbocycles. The topological polar surface area (TPSA) is 65.4 Å². The normalized spacial score (nSPS) is 11.0. The molecule has 0 radical (unpaired) electrons. The quantitative estimate of drug-likeness (QED) is 0.878. The number of anilines is 1. The SMILES string of the molecule is COCc1nc(Br)c2c(N)nccn12. The minimum absolute atomic E-state index is 0.441. The number of nitrogen functional groups attached to an aromatic ring is 1. The van der Waals surface area contributed by atoms with Crippen LogP contribution in [0.15, 0.2) is 17.0 Å². The van der Waals surface area contributed by atoms with Crippen molar-refractivity contribution in [2.45, 2.75) is 6.61 Å². The fourth-order valence-corrected chi connectivity index (χ4v) is 1.91. The highest BCUT2D eigenvalue weighted by Gasteiger charge is 2.11. The zero-order valence-corrected chi connectivity index (χ0v) is 9.15. The number of hydrogen-bond acceptors (Lipinski definition) is 4. The monoisotopic (exact) mass is 256 g/mol. The lowest BCUT2D eigenvalue weighted by molar-refractivity contribution is 0.177. The van der Waals surface area contributed by atoms with Crippen molar-refractivity contribution < 1.29 is 4.74 Å². The first-order valence-electron chi connectivity index (χ1n) is 4.00. The number of nitrogens with zero attached hydrogens (tertiary/aromatic N) is 3. The van der Waals surface area contributed by atoms with E-state index in [0.29, 0.717) is 17.0 Å². The smallest absolute Gasteiger partial charge is 0.150 e. The van der Waals surface area contributed by atoms with Gasteiger partial charge in [-0.15, -0.1) is 0 Å². The van der Waals surface area contributed by atoms with Crippen LogP contribution in [-0.2, 0) is 11.3 Å². The molecule has 2 heterocycles. The highest BCUT2D eigenvalue weighted by molar-refractivity contribution is 9.10. The van der Waals surface area contributed by atoms with Crippen LogP contribution in [0.2, 0.25) is 0 Å². The molecular formula is C8H9BrN4O. The zero-order valence-electron chi connectivity index (χ0n) is 7.57. The van der Waals surface area contributed by atoms with Crippen LogP contribution in [0.5, 0.6) is 0 Å². The molecule has 14 heavy (non-hydrogen) atoms. The molecule has 5 nitrogen and oxygen atoms in total. The number of aromatic nitrogens is 3. The van der Waals surface area contributed by atoms with Crippen molar-refractivity contribution in [1.82, 2.24) is 14.4 Å². The summed E-state index contributed by atoms with van der Waals surface area (Å²) in [6.07, 6.45) is 3.44. The molecule has 0 saturated carbocycles. The van der Waals surface area contributed by atoms with Gasteiger partial charge in [0.05, 0.1) is 0 Å². The summed E-state index contributed by atoms with van der Waals surface area (Å²) in [6, 6.07) is 0. The van der Waals surface area contributed by atoms with E-state index in [-0.39, 0.29) is 0 Å². The fourth-order valence-electron chi connectivity index (χ4n) is 1.31. The molecule has 2 rings (SSSR count). The van der Waals surface area contributed by atoms with E-state index in [2.05, 4.69) is 25.9 Å². The van der Waals surface area contributed by atoms with Gasteiger partial charge < -0.3 is 10.5 Å². The van der Waals surface area contributed by atoms with Crippen LogP contribution in [0.4, 0.5) is 5.82 Å². The van der Waals surface area contributed by atoms with Crippen LogP contribution in [0.3, 0.4) is 0 Å². The van der Waals surface area contributed by atoms with Crippen LogP contribution in [0.25, 0.3) is 5.52 Å². The van der Waals surface area contributed by atoms with E-state index in [1.807, 2.05) is 4.40 Å². The van der Waals surface area contributed by atoms with E-state index in [9.17, 15) is 0 Å². The molecule has 6 heteroatoms. The van der Waals surface area contributed by atoms with Gasteiger partial charge in [0.15, 0.2) is 5.82 Å². The van der Waals surface area contributed by atoms with Gasteiger partial charge in [-0.25, -0.2) is 9.97 Å². The average molecular weight is 257 g/mol. The zero-order chi connectivity index (χ0) is 10.1. The van der Waals surface area contributed by atoms with Gasteiger partial charge in [0.2, 0.25) is 0 Å². The molecule has 0 saturated heterocycles. The maximum absolute atomic E-state index is 5.72. The summed E-state index contributed by atoms with van der Waals surface area (Å²) in [5.74, 6) is 1.25. The van der Waals surface area contributed by atoms with Gasteiger partial charge in [-0.2, -0.15) is 0 Å². The Labute approximate surface area is 89.0 Å². The van der Waals surface area contributed by atoms with Crippen molar-refractivity contribution in [1.29, 1.82) is 0 Å². The lowest BCUT2D eigenvalue weighted by Gasteiger charge is -2.00. The third-order valence-electron chi connectivity index (χ3n) is 1.89. The number of fused-ring (bicyclic) bond motifs is 1. The highest BCUT2D eigenvalue weighted by atomic mass is 79.9. The van der Waals surface area contributed by atoms with Crippen LogP contribution < -0.4 is 5.73 Å². The number of rotatable bonds is 2. The maximum atomic E-state index is 5.72. The van der Waals surface area contributed by atoms with E-state index in [1.54, 1.807) is 19.5 Å². The van der Waals surface area contributed by atoms with Crippen LogP contribution in [0, 0.1) is 0 Å². The summed E-state index contributed by atoms with van der Waals surface area (Å²) in [5.41, 5.74) is 6.50. The van der Waals surface area contributed by atoms with Crippen LogP contribution in [0.1, 0.15) is 5.82 Å². The molecule has 74 valence electrons. The Kier molecular flexibility index (Phi) is 2.39. The first-order valence-corrected chi connectivity index (χ1v) is 4.79. The Morgan fingerprint density at radius 3 is 3.14 bits per heavy atom. The Bertz CT molecular complexity index is 468. The molecule has 0 spiro atoms. The minimum atomic E-state index is 0.441. The largest absolute Gasteiger partial charge is 0.382 e. The van der Waals surface area contributed by atoms with Gasteiger partial charge in [-0.05, 0) is 15.9 Å². The maximum Gasteiger partial charge on any atom is 0.150 e. The highest BCUT2D eigenvalue weighted by Crippen LogP contribution is 2.22. The lowest BCUT2D eigenvalue weighted by Crippen LogP contribution is -1.99. The number of nitrogens with two attached hydrogens (primary N) is 1. The average Bonchev–Trinajstić information content (AvgIpc) is 2.46. The molecule has 0 amide bonds. The summed E-state index contributed by atoms with van der Waals surface area (Å²) in [7, 11) is 1.62. The summed E-state index contributed by atoms with van der Waals surface area (Å²) in [4.78, 5) is 8.26. The number of halogens is 1. The molecule has 0 aliphatic rings. The number of hydrogen-bond donors (Lipinski definition) is 1. The second kappa shape index (κ2) is 3.55. The van der Waals surface area contributed by atoms with Gasteiger partial charge in [0.1, 0.15) is 22.6 Å². The third kappa shape index (κ3) is 1.36. The van der Waals surface area contributed by atoms with Gasteiger partial charge in [0, 0.05) is 19.5 Å². The minimum Gasteiger partial charge on any atom is -0.382 e. The first-order chi connectivity index (χ1) is 6.74. The molecule has 0 atom stereocenters.